The van der Waals surface area contributed by atoms with E-state index in [1.54, 1.807) is 0 Å². The van der Waals surface area contributed by atoms with E-state index in [9.17, 15) is 0 Å². The molecule has 0 aliphatic rings. The summed E-state index contributed by atoms with van der Waals surface area (Å²) in [5.74, 6) is 5.62. The van der Waals surface area contributed by atoms with Crippen LogP contribution < -0.4 is 11.3 Å². The van der Waals surface area contributed by atoms with E-state index in [4.69, 9.17) is 5.84 Å². The van der Waals surface area contributed by atoms with Gasteiger partial charge in [-0.2, -0.15) is 5.10 Å². The van der Waals surface area contributed by atoms with E-state index in [1.165, 1.54) is 11.3 Å². The second-order valence-corrected chi connectivity index (χ2v) is 4.15. The molecule has 3 N–H and O–H groups in total. The summed E-state index contributed by atoms with van der Waals surface area (Å²) < 4.78 is 1.91. The van der Waals surface area contributed by atoms with Crippen molar-refractivity contribution in [2.75, 3.05) is 0 Å². The highest BCUT2D eigenvalue weighted by molar-refractivity contribution is 5.27. The lowest BCUT2D eigenvalue weighted by Crippen LogP contribution is -2.28. The number of aryl methyl sites for hydroxylation is 2. The first-order chi connectivity index (χ1) is 7.61. The van der Waals surface area contributed by atoms with Crippen LogP contribution in [0.5, 0.6) is 0 Å². The summed E-state index contributed by atoms with van der Waals surface area (Å²) in [7, 11) is 1.96. The first kappa shape index (κ1) is 12.9. The Bertz CT molecular complexity index is 354. The smallest absolute Gasteiger partial charge is 0.0644 e. The average Bonchev–Trinajstić information content (AvgIpc) is 2.50. The molecular formula is C12H22N4. The number of hydrogen-bond acceptors (Lipinski definition) is 3. The van der Waals surface area contributed by atoms with Crippen LogP contribution in [0.2, 0.25) is 0 Å². The largest absolute Gasteiger partial charge is 0.272 e. The SMILES string of the molecule is C=CCCCC(NN)c1c(C)nn(C)c1C. The van der Waals surface area contributed by atoms with Gasteiger partial charge < -0.3 is 0 Å². The van der Waals surface area contributed by atoms with Crippen molar-refractivity contribution in [3.63, 3.8) is 0 Å². The molecule has 4 heteroatoms. The van der Waals surface area contributed by atoms with Crippen LogP contribution in [0.4, 0.5) is 0 Å². The Hall–Kier alpha value is -1.13. The number of rotatable bonds is 6. The predicted molar refractivity (Wildman–Crippen MR) is 66.8 cm³/mol. The quantitative estimate of drug-likeness (QED) is 0.334. The molecule has 90 valence electrons. The molecule has 1 heterocycles. The van der Waals surface area contributed by atoms with Crippen LogP contribution in [0.15, 0.2) is 12.7 Å². The molecule has 0 saturated carbocycles. The average molecular weight is 222 g/mol. The summed E-state index contributed by atoms with van der Waals surface area (Å²) in [5, 5.41) is 4.41. The molecule has 4 nitrogen and oxygen atoms in total. The Morgan fingerprint density at radius 1 is 1.56 bits per heavy atom. The highest BCUT2D eigenvalue weighted by Gasteiger charge is 2.18. The van der Waals surface area contributed by atoms with Crippen LogP contribution in [0.3, 0.4) is 0 Å². The molecule has 1 unspecified atom stereocenters. The van der Waals surface area contributed by atoms with Gasteiger partial charge in [0.1, 0.15) is 0 Å². The van der Waals surface area contributed by atoms with Crippen LogP contribution in [0.1, 0.15) is 42.3 Å². The van der Waals surface area contributed by atoms with E-state index < -0.39 is 0 Å². The zero-order valence-electron chi connectivity index (χ0n) is 10.5. The number of nitrogens with one attached hydrogen (secondary N) is 1. The Kier molecular flexibility index (Phi) is 4.71. The first-order valence-corrected chi connectivity index (χ1v) is 5.69. The fraction of sp³-hybridized carbons (Fsp3) is 0.583. The molecule has 1 atom stereocenters. The Labute approximate surface area is 97.5 Å². The van der Waals surface area contributed by atoms with Crippen LogP contribution in [0.25, 0.3) is 0 Å². The summed E-state index contributed by atoms with van der Waals surface area (Å²) in [6, 6.07) is 0.189. The van der Waals surface area contributed by atoms with Crippen molar-refractivity contribution in [2.24, 2.45) is 12.9 Å². The number of allylic oxidation sites excluding steroid dienone is 1. The van der Waals surface area contributed by atoms with Gasteiger partial charge in [0.2, 0.25) is 0 Å². The van der Waals surface area contributed by atoms with Gasteiger partial charge in [-0.1, -0.05) is 6.08 Å². The molecule has 1 aromatic heterocycles. The molecule has 0 spiro atoms. The third kappa shape index (κ3) is 2.71. The van der Waals surface area contributed by atoms with E-state index in [2.05, 4.69) is 24.0 Å². The number of hydrogen-bond donors (Lipinski definition) is 2. The van der Waals surface area contributed by atoms with Crippen LogP contribution in [-0.2, 0) is 7.05 Å². The predicted octanol–water partition coefficient (Wildman–Crippen LogP) is 1.90. The maximum absolute atomic E-state index is 5.62. The summed E-state index contributed by atoms with van der Waals surface area (Å²) >= 11 is 0. The Morgan fingerprint density at radius 2 is 2.25 bits per heavy atom. The second kappa shape index (κ2) is 5.82. The fourth-order valence-electron chi connectivity index (χ4n) is 2.07. The van der Waals surface area contributed by atoms with Crippen molar-refractivity contribution in [2.45, 2.75) is 39.2 Å². The zero-order valence-corrected chi connectivity index (χ0v) is 10.5. The highest BCUT2D eigenvalue weighted by Crippen LogP contribution is 2.24. The Balaban J connectivity index is 2.81. The van der Waals surface area contributed by atoms with Gasteiger partial charge in [-0.3, -0.25) is 16.0 Å². The number of unbranched alkanes of at least 4 members (excludes halogenated alkanes) is 1. The molecule has 1 rings (SSSR count). The highest BCUT2D eigenvalue weighted by atomic mass is 15.3. The molecule has 0 aromatic carbocycles. The van der Waals surface area contributed by atoms with Crippen LogP contribution >= 0.6 is 0 Å². The molecule has 1 aromatic rings. The van der Waals surface area contributed by atoms with E-state index in [0.717, 1.165) is 25.0 Å². The molecule has 0 amide bonds. The normalized spacial score (nSPS) is 12.8. The summed E-state index contributed by atoms with van der Waals surface area (Å²) in [5.41, 5.74) is 6.35. The topological polar surface area (TPSA) is 55.9 Å². The van der Waals surface area contributed by atoms with Gasteiger partial charge in [0.15, 0.2) is 0 Å². The van der Waals surface area contributed by atoms with Crippen LogP contribution in [0, 0.1) is 13.8 Å². The lowest BCUT2D eigenvalue weighted by Gasteiger charge is -2.16. The Morgan fingerprint density at radius 3 is 2.69 bits per heavy atom. The molecular weight excluding hydrogens is 200 g/mol. The van der Waals surface area contributed by atoms with Gasteiger partial charge in [0.05, 0.1) is 5.69 Å². The van der Waals surface area contributed by atoms with Gasteiger partial charge in [-0.05, 0) is 33.1 Å². The van der Waals surface area contributed by atoms with E-state index in [0.29, 0.717) is 0 Å². The minimum absolute atomic E-state index is 0.189. The molecule has 0 fully saturated rings. The van der Waals surface area contributed by atoms with E-state index in [-0.39, 0.29) is 6.04 Å². The summed E-state index contributed by atoms with van der Waals surface area (Å²) in [6.07, 6.45) is 5.06. The molecule has 0 aliphatic heterocycles. The van der Waals surface area contributed by atoms with Crippen molar-refractivity contribution in [1.82, 2.24) is 15.2 Å². The first-order valence-electron chi connectivity index (χ1n) is 5.69. The van der Waals surface area contributed by atoms with Gasteiger partial charge in [0.25, 0.3) is 0 Å². The summed E-state index contributed by atoms with van der Waals surface area (Å²) in [4.78, 5) is 0. The zero-order chi connectivity index (χ0) is 12.1. The van der Waals surface area contributed by atoms with Crippen molar-refractivity contribution in [3.05, 3.63) is 29.6 Å². The van der Waals surface area contributed by atoms with Crippen molar-refractivity contribution >= 4 is 0 Å². The third-order valence-electron chi connectivity index (χ3n) is 3.02. The number of nitrogens with two attached hydrogens (primary N) is 1. The van der Waals surface area contributed by atoms with E-state index >= 15 is 0 Å². The maximum Gasteiger partial charge on any atom is 0.0644 e. The van der Waals surface area contributed by atoms with E-state index in [1.807, 2.05) is 24.7 Å². The molecule has 0 radical (unpaired) electrons. The molecule has 0 aliphatic carbocycles. The van der Waals surface area contributed by atoms with Gasteiger partial charge in [-0.15, -0.1) is 6.58 Å². The minimum atomic E-state index is 0.189. The fourth-order valence-corrected chi connectivity index (χ4v) is 2.07. The lowest BCUT2D eigenvalue weighted by molar-refractivity contribution is 0.496. The van der Waals surface area contributed by atoms with Gasteiger partial charge in [-0.25, -0.2) is 0 Å². The van der Waals surface area contributed by atoms with Crippen molar-refractivity contribution in [3.8, 4) is 0 Å². The second-order valence-electron chi connectivity index (χ2n) is 4.15. The molecule has 0 saturated heterocycles. The van der Waals surface area contributed by atoms with Gasteiger partial charge >= 0.3 is 0 Å². The number of hydrazine groups is 1. The monoisotopic (exact) mass is 222 g/mol. The van der Waals surface area contributed by atoms with Gasteiger partial charge in [0, 0.05) is 24.3 Å². The minimum Gasteiger partial charge on any atom is -0.272 e. The lowest BCUT2D eigenvalue weighted by atomic mass is 10.00. The molecule has 16 heavy (non-hydrogen) atoms. The van der Waals surface area contributed by atoms with Crippen LogP contribution in [-0.4, -0.2) is 9.78 Å². The maximum atomic E-state index is 5.62. The van der Waals surface area contributed by atoms with Crippen molar-refractivity contribution < 1.29 is 0 Å². The third-order valence-corrected chi connectivity index (χ3v) is 3.02. The number of nitrogens with zero attached hydrogens (tertiary/aromatic N) is 2. The molecule has 0 bridgehead atoms. The summed E-state index contributed by atoms with van der Waals surface area (Å²) in [6.45, 7) is 7.83. The van der Waals surface area contributed by atoms with Crippen molar-refractivity contribution in [1.29, 1.82) is 0 Å². The number of aromatic nitrogens is 2. The standard InChI is InChI=1S/C12H22N4/c1-5-6-7-8-11(14-13)12-9(2)15-16(4)10(12)3/h5,11,14H,1,6-8,13H2,2-4H3.